The molecule has 0 saturated carbocycles. The molecule has 1 aromatic carbocycles. The zero-order valence-corrected chi connectivity index (χ0v) is 12.3. The molecule has 0 amide bonds. The smallest absolute Gasteiger partial charge is 0.183 e. The molecule has 1 rings (SSSR count). The van der Waals surface area contributed by atoms with Crippen LogP contribution in [-0.2, 0) is 9.84 Å². The van der Waals surface area contributed by atoms with Crippen molar-refractivity contribution >= 4 is 15.6 Å². The molecule has 1 atom stereocenters. The number of rotatable bonds is 7. The Labute approximate surface area is 117 Å². The first-order chi connectivity index (χ1) is 9.29. The molecule has 0 heterocycles. The molecule has 0 saturated heterocycles. The molecule has 0 radical (unpaired) electrons. The van der Waals surface area contributed by atoms with Crippen LogP contribution in [0.1, 0.15) is 43.5 Å². The minimum atomic E-state index is -3.62. The quantitative estimate of drug-likeness (QED) is 0.574. The minimum absolute atomic E-state index is 0.101. The predicted octanol–water partition coefficient (Wildman–Crippen LogP) is 3.14. The second-order valence-electron chi connectivity index (χ2n) is 4.70. The Kier molecular flexibility index (Phi) is 5.80. The lowest BCUT2D eigenvalue weighted by Crippen LogP contribution is -2.30. The summed E-state index contributed by atoms with van der Waals surface area (Å²) in [5.74, 6) is -2.78. The monoisotopic (exact) mass is 304 g/mol. The first-order valence-corrected chi connectivity index (χ1v) is 8.22. The Hall–Kier alpha value is -1.30. The first-order valence-electron chi connectivity index (χ1n) is 6.50. The van der Waals surface area contributed by atoms with Crippen LogP contribution < -0.4 is 0 Å². The number of sulfone groups is 1. The third kappa shape index (κ3) is 4.10. The molecule has 0 N–H and O–H groups in total. The molecule has 112 valence electrons. The summed E-state index contributed by atoms with van der Waals surface area (Å²) in [4.78, 5) is 12.0. The van der Waals surface area contributed by atoms with Gasteiger partial charge in [0.2, 0.25) is 0 Å². The highest BCUT2D eigenvalue weighted by molar-refractivity contribution is 7.92. The number of hydrogen-bond acceptors (Lipinski definition) is 3. The number of halogens is 2. The number of Topliss-reactive ketones (excluding diaryl/α,β-unsaturated/α-hetero) is 1. The molecule has 0 spiro atoms. The SMILES string of the molecule is CCCCCS(=O)(=O)C(C)C(=O)c1ccc(F)cc1F. The standard InChI is InChI=1S/C14H18F2O3S/c1-3-4-5-8-20(18,19)10(2)14(17)12-7-6-11(15)9-13(12)16/h6-7,9-10H,3-5,8H2,1-2H3. The predicted molar refractivity (Wildman–Crippen MR) is 73.5 cm³/mol. The number of unbranched alkanes of at least 4 members (excludes halogenated alkanes) is 2. The Morgan fingerprint density at radius 3 is 2.45 bits per heavy atom. The van der Waals surface area contributed by atoms with Gasteiger partial charge in [-0.2, -0.15) is 0 Å². The van der Waals surface area contributed by atoms with Gasteiger partial charge < -0.3 is 0 Å². The van der Waals surface area contributed by atoms with Gasteiger partial charge in [0.25, 0.3) is 0 Å². The van der Waals surface area contributed by atoms with Crippen molar-refractivity contribution in [3.05, 3.63) is 35.4 Å². The fourth-order valence-corrected chi connectivity index (χ4v) is 3.21. The average Bonchev–Trinajstić information content (AvgIpc) is 2.37. The van der Waals surface area contributed by atoms with E-state index >= 15 is 0 Å². The summed E-state index contributed by atoms with van der Waals surface area (Å²) in [5.41, 5.74) is -0.391. The lowest BCUT2D eigenvalue weighted by molar-refractivity contribution is 0.0987. The van der Waals surface area contributed by atoms with Crippen molar-refractivity contribution in [2.45, 2.75) is 38.4 Å². The molecule has 3 nitrogen and oxygen atoms in total. The van der Waals surface area contributed by atoms with Gasteiger partial charge in [0.05, 0.1) is 11.3 Å². The molecule has 0 aromatic heterocycles. The maximum absolute atomic E-state index is 13.5. The van der Waals surface area contributed by atoms with E-state index in [1.807, 2.05) is 6.92 Å². The van der Waals surface area contributed by atoms with E-state index in [-0.39, 0.29) is 5.75 Å². The number of ketones is 1. The number of hydrogen-bond donors (Lipinski definition) is 0. The lowest BCUT2D eigenvalue weighted by Gasteiger charge is -2.12. The van der Waals surface area contributed by atoms with Crippen molar-refractivity contribution in [2.24, 2.45) is 0 Å². The highest BCUT2D eigenvalue weighted by Crippen LogP contribution is 2.16. The zero-order valence-electron chi connectivity index (χ0n) is 11.5. The van der Waals surface area contributed by atoms with Crippen LogP contribution in [0.25, 0.3) is 0 Å². The van der Waals surface area contributed by atoms with Crippen LogP contribution in [0.5, 0.6) is 0 Å². The van der Waals surface area contributed by atoms with Gasteiger partial charge in [-0.3, -0.25) is 4.79 Å². The Morgan fingerprint density at radius 2 is 1.90 bits per heavy atom. The summed E-state index contributed by atoms with van der Waals surface area (Å²) < 4.78 is 50.2. The number of benzene rings is 1. The fourth-order valence-electron chi connectivity index (χ4n) is 1.80. The van der Waals surface area contributed by atoms with Crippen molar-refractivity contribution in [1.82, 2.24) is 0 Å². The van der Waals surface area contributed by atoms with Crippen LogP contribution in [0.15, 0.2) is 18.2 Å². The molecule has 1 aromatic rings. The molecule has 6 heteroatoms. The summed E-state index contributed by atoms with van der Waals surface area (Å²) in [6.07, 6.45) is 2.10. The maximum atomic E-state index is 13.5. The molecular weight excluding hydrogens is 286 g/mol. The van der Waals surface area contributed by atoms with Crippen LogP contribution in [0.2, 0.25) is 0 Å². The van der Waals surface area contributed by atoms with Crippen LogP contribution in [-0.4, -0.2) is 25.2 Å². The van der Waals surface area contributed by atoms with Crippen molar-refractivity contribution in [3.8, 4) is 0 Å². The van der Waals surface area contributed by atoms with Crippen molar-refractivity contribution in [1.29, 1.82) is 0 Å². The highest BCUT2D eigenvalue weighted by Gasteiger charge is 2.29. The minimum Gasteiger partial charge on any atom is -0.293 e. The zero-order chi connectivity index (χ0) is 15.3. The van der Waals surface area contributed by atoms with Gasteiger partial charge in [0.1, 0.15) is 16.9 Å². The van der Waals surface area contributed by atoms with Gasteiger partial charge >= 0.3 is 0 Å². The van der Waals surface area contributed by atoms with Crippen LogP contribution in [0.4, 0.5) is 8.78 Å². The van der Waals surface area contributed by atoms with E-state index < -0.39 is 38.1 Å². The molecule has 0 aliphatic rings. The Balaban J connectivity index is 2.90. The maximum Gasteiger partial charge on any atom is 0.183 e. The summed E-state index contributed by atoms with van der Waals surface area (Å²) >= 11 is 0. The van der Waals surface area contributed by atoms with E-state index in [0.717, 1.165) is 25.0 Å². The van der Waals surface area contributed by atoms with Gasteiger partial charge in [0, 0.05) is 6.07 Å². The first kappa shape index (κ1) is 16.8. The number of carbonyl (C=O) groups excluding carboxylic acids is 1. The molecule has 0 aliphatic heterocycles. The fraction of sp³-hybridized carbons (Fsp3) is 0.500. The third-order valence-corrected chi connectivity index (χ3v) is 5.29. The Morgan fingerprint density at radius 1 is 1.25 bits per heavy atom. The summed E-state index contributed by atoms with van der Waals surface area (Å²) in [7, 11) is -3.62. The molecule has 20 heavy (non-hydrogen) atoms. The topological polar surface area (TPSA) is 51.2 Å². The normalized spacial score (nSPS) is 13.2. The summed E-state index contributed by atoms with van der Waals surface area (Å²) in [6.45, 7) is 3.18. The Bertz CT molecular complexity index is 582. The second kappa shape index (κ2) is 6.92. The largest absolute Gasteiger partial charge is 0.293 e. The lowest BCUT2D eigenvalue weighted by atomic mass is 10.1. The van der Waals surface area contributed by atoms with Gasteiger partial charge in [-0.05, 0) is 25.5 Å². The van der Waals surface area contributed by atoms with Crippen LogP contribution in [0.3, 0.4) is 0 Å². The second-order valence-corrected chi connectivity index (χ2v) is 7.15. The van der Waals surface area contributed by atoms with E-state index in [9.17, 15) is 22.0 Å². The number of carbonyl (C=O) groups is 1. The summed E-state index contributed by atoms with van der Waals surface area (Å²) in [6, 6.07) is 2.49. The summed E-state index contributed by atoms with van der Waals surface area (Å²) in [5, 5.41) is -1.32. The van der Waals surface area contributed by atoms with Gasteiger partial charge in [0.15, 0.2) is 15.6 Å². The molecule has 0 aliphatic carbocycles. The van der Waals surface area contributed by atoms with Gasteiger partial charge in [-0.1, -0.05) is 19.8 Å². The highest BCUT2D eigenvalue weighted by atomic mass is 32.2. The molecular formula is C14H18F2O3S. The van der Waals surface area contributed by atoms with Crippen LogP contribution >= 0.6 is 0 Å². The molecule has 0 fully saturated rings. The van der Waals surface area contributed by atoms with E-state index in [4.69, 9.17) is 0 Å². The molecule has 1 unspecified atom stereocenters. The van der Waals surface area contributed by atoms with Gasteiger partial charge in [-0.25, -0.2) is 17.2 Å². The average molecular weight is 304 g/mol. The van der Waals surface area contributed by atoms with Crippen molar-refractivity contribution < 1.29 is 22.0 Å². The van der Waals surface area contributed by atoms with E-state index in [2.05, 4.69) is 0 Å². The molecule has 0 bridgehead atoms. The van der Waals surface area contributed by atoms with Crippen molar-refractivity contribution in [3.63, 3.8) is 0 Å². The van der Waals surface area contributed by atoms with Crippen molar-refractivity contribution in [2.75, 3.05) is 5.75 Å². The van der Waals surface area contributed by atoms with Gasteiger partial charge in [-0.15, -0.1) is 0 Å². The third-order valence-electron chi connectivity index (χ3n) is 3.14. The van der Waals surface area contributed by atoms with E-state index in [1.165, 1.54) is 6.92 Å². The van der Waals surface area contributed by atoms with Crippen LogP contribution in [0, 0.1) is 11.6 Å². The van der Waals surface area contributed by atoms with E-state index in [1.54, 1.807) is 0 Å². The van der Waals surface area contributed by atoms with E-state index in [0.29, 0.717) is 12.5 Å².